The number of rotatable bonds is 11. The minimum absolute atomic E-state index is 0.495. The molecular weight excluding hydrogens is 300 g/mol. The molecule has 0 spiro atoms. The topological polar surface area (TPSA) is 0 Å². The Balaban J connectivity index is 1.62. The number of hydrogen-bond donors (Lipinski definition) is 0. The highest BCUT2D eigenvalue weighted by Crippen LogP contribution is 2.49. The summed E-state index contributed by atoms with van der Waals surface area (Å²) >= 11 is 0. The molecule has 0 atom stereocenters. The predicted octanol–water partition coefficient (Wildman–Crippen LogP) is 8.05. The van der Waals surface area contributed by atoms with Gasteiger partial charge in [-0.05, 0) is 85.8 Å². The van der Waals surface area contributed by atoms with Gasteiger partial charge < -0.3 is 0 Å². The van der Waals surface area contributed by atoms with Crippen molar-refractivity contribution in [1.82, 2.24) is 0 Å². The first-order chi connectivity index (χ1) is 11.8. The van der Waals surface area contributed by atoms with Crippen LogP contribution in [0.3, 0.4) is 0 Å². The monoisotopic (exact) mass is 342 g/mol. The van der Waals surface area contributed by atoms with Crippen LogP contribution in [0.2, 0.25) is 0 Å². The average Bonchev–Trinajstić information content (AvgIpc) is 3.25. The summed E-state index contributed by atoms with van der Waals surface area (Å²) in [5, 5.41) is 0. The van der Waals surface area contributed by atoms with Gasteiger partial charge in [-0.15, -0.1) is 0 Å². The highest BCUT2D eigenvalue weighted by atomic mass is 14.4. The maximum Gasteiger partial charge on any atom is -0.0276 e. The molecule has 1 fully saturated rings. The summed E-state index contributed by atoms with van der Waals surface area (Å²) in [5.74, 6) is 0. The van der Waals surface area contributed by atoms with Crippen molar-refractivity contribution in [1.29, 1.82) is 0 Å². The average molecular weight is 343 g/mol. The summed E-state index contributed by atoms with van der Waals surface area (Å²) in [7, 11) is 0. The van der Waals surface area contributed by atoms with Crippen molar-refractivity contribution in [3.8, 4) is 0 Å². The molecule has 0 radical (unpaired) electrons. The van der Waals surface area contributed by atoms with Crippen molar-refractivity contribution in [2.75, 3.05) is 0 Å². The molecule has 0 unspecified atom stereocenters. The van der Waals surface area contributed by atoms with E-state index in [0.29, 0.717) is 5.41 Å². The lowest BCUT2D eigenvalue weighted by Gasteiger charge is -2.17. The molecule has 1 aliphatic rings. The van der Waals surface area contributed by atoms with Crippen LogP contribution in [-0.4, -0.2) is 0 Å². The molecule has 0 bridgehead atoms. The van der Waals surface area contributed by atoms with E-state index in [-0.39, 0.29) is 0 Å². The predicted molar refractivity (Wildman–Crippen MR) is 112 cm³/mol. The third kappa shape index (κ3) is 8.43. The Labute approximate surface area is 157 Å². The van der Waals surface area contributed by atoms with Gasteiger partial charge in [0.25, 0.3) is 0 Å². The second kappa shape index (κ2) is 9.24. The second-order valence-electron chi connectivity index (χ2n) is 10.3. The molecule has 1 saturated carbocycles. The first kappa shape index (κ1) is 20.5. The summed E-state index contributed by atoms with van der Waals surface area (Å²) in [6.07, 6.45) is 16.6. The van der Waals surface area contributed by atoms with Gasteiger partial charge in [-0.3, -0.25) is 0 Å². The van der Waals surface area contributed by atoms with Crippen LogP contribution in [0.25, 0.3) is 0 Å². The maximum absolute atomic E-state index is 2.46. The van der Waals surface area contributed by atoms with Crippen molar-refractivity contribution in [3.05, 3.63) is 34.9 Å². The molecule has 0 heterocycles. The van der Waals surface area contributed by atoms with Crippen LogP contribution in [-0.2, 0) is 12.8 Å². The van der Waals surface area contributed by atoms with Gasteiger partial charge in [-0.25, -0.2) is 0 Å². The zero-order valence-electron chi connectivity index (χ0n) is 17.7. The molecule has 1 aliphatic carbocycles. The molecular formula is C25H42. The van der Waals surface area contributed by atoms with E-state index in [1.807, 2.05) is 0 Å². The van der Waals surface area contributed by atoms with Crippen LogP contribution in [0.5, 0.6) is 0 Å². The Morgan fingerprint density at radius 2 is 1.56 bits per heavy atom. The number of hydrogen-bond acceptors (Lipinski definition) is 0. The summed E-state index contributed by atoms with van der Waals surface area (Å²) in [6.45, 7) is 11.8. The van der Waals surface area contributed by atoms with E-state index >= 15 is 0 Å². The minimum Gasteiger partial charge on any atom is -0.0602 e. The van der Waals surface area contributed by atoms with Gasteiger partial charge in [-0.1, -0.05) is 71.6 Å². The first-order valence-corrected chi connectivity index (χ1v) is 10.9. The third-order valence-corrected chi connectivity index (χ3v) is 6.13. The Bertz CT molecular complexity index is 513. The maximum atomic E-state index is 2.46. The van der Waals surface area contributed by atoms with Crippen molar-refractivity contribution >= 4 is 0 Å². The summed E-state index contributed by atoms with van der Waals surface area (Å²) in [6, 6.07) is 7.24. The highest BCUT2D eigenvalue weighted by molar-refractivity contribution is 5.31. The SMILES string of the molecule is Cc1cc(CCCCCC(C)(C)C)ccc1CCCCCC1(C)CC1. The van der Waals surface area contributed by atoms with Gasteiger partial charge in [0, 0.05) is 0 Å². The molecule has 0 saturated heterocycles. The van der Waals surface area contributed by atoms with Gasteiger partial charge >= 0.3 is 0 Å². The Kier molecular flexibility index (Phi) is 7.59. The Hall–Kier alpha value is -0.780. The van der Waals surface area contributed by atoms with Crippen LogP contribution in [0.4, 0.5) is 0 Å². The summed E-state index contributed by atoms with van der Waals surface area (Å²) in [4.78, 5) is 0. The fourth-order valence-corrected chi connectivity index (χ4v) is 3.86. The molecule has 1 aromatic rings. The Morgan fingerprint density at radius 3 is 2.20 bits per heavy atom. The Morgan fingerprint density at radius 1 is 0.880 bits per heavy atom. The fraction of sp³-hybridized carbons (Fsp3) is 0.760. The van der Waals surface area contributed by atoms with E-state index in [1.165, 1.54) is 82.6 Å². The van der Waals surface area contributed by atoms with Crippen molar-refractivity contribution in [2.24, 2.45) is 10.8 Å². The largest absolute Gasteiger partial charge is 0.0602 e. The molecule has 25 heavy (non-hydrogen) atoms. The molecule has 1 aromatic carbocycles. The highest BCUT2D eigenvalue weighted by Gasteiger charge is 2.35. The normalized spacial score (nSPS) is 16.2. The van der Waals surface area contributed by atoms with Crippen LogP contribution in [0.1, 0.15) is 109 Å². The van der Waals surface area contributed by atoms with Gasteiger partial charge in [0.15, 0.2) is 0 Å². The van der Waals surface area contributed by atoms with Crippen LogP contribution >= 0.6 is 0 Å². The quantitative estimate of drug-likeness (QED) is 0.357. The second-order valence-corrected chi connectivity index (χ2v) is 10.3. The lowest BCUT2D eigenvalue weighted by molar-refractivity contribution is 0.358. The van der Waals surface area contributed by atoms with E-state index < -0.39 is 0 Å². The molecule has 142 valence electrons. The molecule has 0 aliphatic heterocycles. The van der Waals surface area contributed by atoms with E-state index in [2.05, 4.69) is 52.8 Å². The minimum atomic E-state index is 0.495. The lowest BCUT2D eigenvalue weighted by atomic mass is 9.89. The fourth-order valence-electron chi connectivity index (χ4n) is 3.86. The van der Waals surface area contributed by atoms with E-state index in [9.17, 15) is 0 Å². The standard InChI is InChI=1S/C25H42/c1-21-20-22(12-8-6-10-16-24(2,3)4)14-15-23(21)13-9-7-11-17-25(5)18-19-25/h14-15,20H,6-13,16-19H2,1-5H3. The van der Waals surface area contributed by atoms with Crippen LogP contribution < -0.4 is 0 Å². The number of aryl methyl sites for hydroxylation is 3. The van der Waals surface area contributed by atoms with Crippen molar-refractivity contribution in [2.45, 2.75) is 112 Å². The van der Waals surface area contributed by atoms with Gasteiger partial charge in [0.2, 0.25) is 0 Å². The zero-order valence-corrected chi connectivity index (χ0v) is 17.7. The van der Waals surface area contributed by atoms with Crippen LogP contribution in [0.15, 0.2) is 18.2 Å². The third-order valence-electron chi connectivity index (χ3n) is 6.13. The van der Waals surface area contributed by atoms with Crippen LogP contribution in [0, 0.1) is 17.8 Å². The molecule has 0 N–H and O–H groups in total. The number of unbranched alkanes of at least 4 members (excludes halogenated alkanes) is 4. The molecule has 0 nitrogen and oxygen atoms in total. The van der Waals surface area contributed by atoms with Gasteiger partial charge in [-0.2, -0.15) is 0 Å². The molecule has 0 heteroatoms. The van der Waals surface area contributed by atoms with Crippen molar-refractivity contribution in [3.63, 3.8) is 0 Å². The van der Waals surface area contributed by atoms with E-state index in [4.69, 9.17) is 0 Å². The summed E-state index contributed by atoms with van der Waals surface area (Å²) in [5.41, 5.74) is 5.87. The van der Waals surface area contributed by atoms with E-state index in [1.54, 1.807) is 11.1 Å². The zero-order chi connectivity index (χ0) is 18.3. The van der Waals surface area contributed by atoms with E-state index in [0.717, 1.165) is 5.41 Å². The number of benzene rings is 1. The first-order valence-electron chi connectivity index (χ1n) is 10.9. The molecule has 0 aromatic heterocycles. The molecule has 0 amide bonds. The summed E-state index contributed by atoms with van der Waals surface area (Å²) < 4.78 is 0. The van der Waals surface area contributed by atoms with Crippen molar-refractivity contribution < 1.29 is 0 Å². The van der Waals surface area contributed by atoms with Gasteiger partial charge in [0.05, 0.1) is 0 Å². The lowest BCUT2D eigenvalue weighted by Crippen LogP contribution is -2.04. The molecule has 2 rings (SSSR count). The smallest absolute Gasteiger partial charge is 0.0276 e. The van der Waals surface area contributed by atoms with Gasteiger partial charge in [0.1, 0.15) is 0 Å².